The number of alkyl halides is 2. The highest BCUT2D eigenvalue weighted by atomic mass is 19.3. The fourth-order valence-corrected chi connectivity index (χ4v) is 3.88. The number of nitrogens with zero attached hydrogens (tertiary/aromatic N) is 5. The molecule has 2 atom stereocenters. The molecule has 4 rings (SSSR count). The molecule has 3 heterocycles. The molecule has 180 valence electrons. The van der Waals surface area contributed by atoms with E-state index in [0.29, 0.717) is 24.0 Å². The minimum atomic E-state index is -3.47. The summed E-state index contributed by atoms with van der Waals surface area (Å²) >= 11 is 0. The monoisotopic (exact) mass is 472 g/mol. The highest BCUT2D eigenvalue weighted by molar-refractivity contribution is 5.83. The summed E-state index contributed by atoms with van der Waals surface area (Å²) in [5.41, 5.74) is 1.74. The highest BCUT2D eigenvalue weighted by Gasteiger charge is 2.36. The quantitative estimate of drug-likeness (QED) is 0.446. The summed E-state index contributed by atoms with van der Waals surface area (Å²) in [6.45, 7) is 5.96. The molecule has 0 spiro atoms. The molecular formula is C23H26F2N6O3. The van der Waals surface area contributed by atoms with Crippen LogP contribution in [0.5, 0.6) is 5.75 Å². The first-order valence-corrected chi connectivity index (χ1v) is 10.8. The fourth-order valence-electron chi connectivity index (χ4n) is 3.88. The molecule has 4 aromatic rings. The molecule has 0 saturated carbocycles. The van der Waals surface area contributed by atoms with Gasteiger partial charge in [0.15, 0.2) is 5.65 Å². The SMILES string of the molecule is CC(C)[C@H](NC(=O)C(C)(F)F)[C@@H](C)Oc1ccc2c(cnn2-c2ccc3nn(C)c(=O)n3c2)c1. The molecule has 0 aliphatic heterocycles. The third kappa shape index (κ3) is 4.37. The minimum Gasteiger partial charge on any atom is -0.489 e. The second kappa shape index (κ2) is 8.54. The number of benzene rings is 1. The van der Waals surface area contributed by atoms with Crippen molar-refractivity contribution in [2.24, 2.45) is 13.0 Å². The molecule has 1 aromatic carbocycles. The summed E-state index contributed by atoms with van der Waals surface area (Å²) in [7, 11) is 1.59. The van der Waals surface area contributed by atoms with Gasteiger partial charge in [-0.3, -0.25) is 4.79 Å². The number of aromatic nitrogens is 5. The number of amides is 1. The molecule has 34 heavy (non-hydrogen) atoms. The van der Waals surface area contributed by atoms with Crippen LogP contribution in [0.3, 0.4) is 0 Å². The van der Waals surface area contributed by atoms with Gasteiger partial charge in [-0.25, -0.2) is 18.6 Å². The predicted molar refractivity (Wildman–Crippen MR) is 123 cm³/mol. The van der Waals surface area contributed by atoms with Crippen LogP contribution < -0.4 is 15.7 Å². The first-order chi connectivity index (χ1) is 16.0. The minimum absolute atomic E-state index is 0.126. The Morgan fingerprint density at radius 3 is 2.59 bits per heavy atom. The van der Waals surface area contributed by atoms with Gasteiger partial charge in [0, 0.05) is 25.6 Å². The molecule has 0 unspecified atom stereocenters. The summed E-state index contributed by atoms with van der Waals surface area (Å²) in [5.74, 6) is -4.41. The lowest BCUT2D eigenvalue weighted by Crippen LogP contribution is -2.52. The van der Waals surface area contributed by atoms with Crippen LogP contribution in [0.2, 0.25) is 0 Å². The Kier molecular flexibility index (Phi) is 5.88. The van der Waals surface area contributed by atoms with Crippen molar-refractivity contribution in [3.63, 3.8) is 0 Å². The first-order valence-electron chi connectivity index (χ1n) is 10.8. The van der Waals surface area contributed by atoms with Gasteiger partial charge in [0.25, 0.3) is 5.91 Å². The molecule has 0 aliphatic carbocycles. The van der Waals surface area contributed by atoms with Crippen molar-refractivity contribution >= 4 is 22.5 Å². The molecular weight excluding hydrogens is 446 g/mol. The Bertz CT molecular complexity index is 1420. The van der Waals surface area contributed by atoms with E-state index in [1.807, 2.05) is 26.0 Å². The number of nitrogens with one attached hydrogen (secondary N) is 1. The van der Waals surface area contributed by atoms with E-state index < -0.39 is 24.0 Å². The zero-order valence-corrected chi connectivity index (χ0v) is 19.5. The van der Waals surface area contributed by atoms with E-state index in [-0.39, 0.29) is 11.6 Å². The zero-order valence-electron chi connectivity index (χ0n) is 19.5. The van der Waals surface area contributed by atoms with Crippen molar-refractivity contribution in [3.8, 4) is 11.4 Å². The van der Waals surface area contributed by atoms with E-state index in [1.165, 1.54) is 9.08 Å². The topological polar surface area (TPSA) is 95.4 Å². The average molecular weight is 472 g/mol. The maximum Gasteiger partial charge on any atom is 0.350 e. The smallest absolute Gasteiger partial charge is 0.350 e. The second-order valence-electron chi connectivity index (χ2n) is 8.75. The van der Waals surface area contributed by atoms with Crippen LogP contribution >= 0.6 is 0 Å². The third-order valence-corrected chi connectivity index (χ3v) is 5.67. The van der Waals surface area contributed by atoms with Crippen molar-refractivity contribution in [1.82, 2.24) is 29.3 Å². The van der Waals surface area contributed by atoms with Gasteiger partial charge < -0.3 is 10.1 Å². The normalized spacial score (nSPS) is 14.0. The number of carbonyl (C=O) groups excluding carboxylic acids is 1. The summed E-state index contributed by atoms with van der Waals surface area (Å²) in [6.07, 6.45) is 2.78. The molecule has 1 amide bonds. The average Bonchev–Trinajstić information content (AvgIpc) is 3.30. The van der Waals surface area contributed by atoms with Crippen molar-refractivity contribution in [1.29, 1.82) is 0 Å². The number of rotatable bonds is 7. The second-order valence-corrected chi connectivity index (χ2v) is 8.75. The van der Waals surface area contributed by atoms with Gasteiger partial charge in [0.05, 0.1) is 23.4 Å². The molecule has 0 bridgehead atoms. The van der Waals surface area contributed by atoms with Crippen LogP contribution in [0.15, 0.2) is 47.5 Å². The third-order valence-electron chi connectivity index (χ3n) is 5.67. The van der Waals surface area contributed by atoms with Crippen LogP contribution in [0.4, 0.5) is 8.78 Å². The van der Waals surface area contributed by atoms with E-state index in [1.54, 1.807) is 49.2 Å². The number of pyridine rings is 1. The van der Waals surface area contributed by atoms with Crippen molar-refractivity contribution in [2.45, 2.75) is 45.8 Å². The summed E-state index contributed by atoms with van der Waals surface area (Å²) < 4.78 is 37.1. The van der Waals surface area contributed by atoms with Gasteiger partial charge in [-0.2, -0.15) is 19.0 Å². The summed E-state index contributed by atoms with van der Waals surface area (Å²) in [6, 6.07) is 8.31. The maximum absolute atomic E-state index is 13.4. The Balaban J connectivity index is 1.59. The van der Waals surface area contributed by atoms with Crippen molar-refractivity contribution in [2.75, 3.05) is 0 Å². The Morgan fingerprint density at radius 1 is 1.18 bits per heavy atom. The van der Waals surface area contributed by atoms with E-state index in [2.05, 4.69) is 15.5 Å². The van der Waals surface area contributed by atoms with Gasteiger partial charge in [0.1, 0.15) is 11.9 Å². The van der Waals surface area contributed by atoms with Crippen LogP contribution in [0, 0.1) is 5.92 Å². The number of hydrogen-bond acceptors (Lipinski definition) is 5. The highest BCUT2D eigenvalue weighted by Crippen LogP contribution is 2.25. The summed E-state index contributed by atoms with van der Waals surface area (Å²) in [4.78, 5) is 24.0. The molecule has 0 radical (unpaired) electrons. The fraction of sp³-hybridized carbons (Fsp3) is 0.391. The lowest BCUT2D eigenvalue weighted by Gasteiger charge is -2.30. The van der Waals surface area contributed by atoms with E-state index >= 15 is 0 Å². The number of fused-ring (bicyclic) bond motifs is 2. The molecule has 3 aromatic heterocycles. The van der Waals surface area contributed by atoms with Crippen LogP contribution in [0.1, 0.15) is 27.7 Å². The molecule has 11 heteroatoms. The van der Waals surface area contributed by atoms with Gasteiger partial charge in [0.2, 0.25) is 0 Å². The lowest BCUT2D eigenvalue weighted by atomic mass is 9.99. The number of aryl methyl sites for hydroxylation is 1. The van der Waals surface area contributed by atoms with Crippen LogP contribution in [0.25, 0.3) is 22.2 Å². The predicted octanol–water partition coefficient (Wildman–Crippen LogP) is 2.94. The van der Waals surface area contributed by atoms with E-state index in [4.69, 9.17) is 4.74 Å². The van der Waals surface area contributed by atoms with Crippen molar-refractivity contribution in [3.05, 3.63) is 53.2 Å². The lowest BCUT2D eigenvalue weighted by molar-refractivity contribution is -0.144. The number of ether oxygens (including phenoxy) is 1. The zero-order chi connectivity index (χ0) is 24.8. The Labute approximate surface area is 193 Å². The number of halogens is 2. The molecule has 9 nitrogen and oxygen atoms in total. The number of hydrogen-bond donors (Lipinski definition) is 1. The molecule has 0 fully saturated rings. The largest absolute Gasteiger partial charge is 0.489 e. The van der Waals surface area contributed by atoms with Crippen LogP contribution in [-0.4, -0.2) is 47.9 Å². The molecule has 0 aliphatic rings. The number of carbonyl (C=O) groups is 1. The van der Waals surface area contributed by atoms with Gasteiger partial charge in [-0.05, 0) is 43.2 Å². The maximum atomic E-state index is 13.4. The van der Waals surface area contributed by atoms with E-state index in [9.17, 15) is 18.4 Å². The Hall–Kier alpha value is -3.76. The molecule has 1 N–H and O–H groups in total. The van der Waals surface area contributed by atoms with Crippen LogP contribution in [-0.2, 0) is 11.8 Å². The molecule has 0 saturated heterocycles. The Morgan fingerprint density at radius 2 is 1.91 bits per heavy atom. The summed E-state index contributed by atoms with van der Waals surface area (Å²) in [5, 5.41) is 11.8. The van der Waals surface area contributed by atoms with E-state index in [0.717, 1.165) is 10.9 Å². The van der Waals surface area contributed by atoms with Gasteiger partial charge in [-0.15, -0.1) is 0 Å². The van der Waals surface area contributed by atoms with Crippen molar-refractivity contribution < 1.29 is 18.3 Å². The standard InChI is InChI=1S/C23H26F2N6O3/c1-13(2)20(27-21(32)23(4,24)25)14(3)34-17-7-8-18-15(10-17)11-26-31(18)16-6-9-19-28-29(5)22(33)30(19)12-16/h6-14,20H,1-5H3,(H,27,32)/t14-,20+/m1/s1. The van der Waals surface area contributed by atoms with Gasteiger partial charge >= 0.3 is 11.6 Å². The first kappa shape index (κ1) is 23.4. The van der Waals surface area contributed by atoms with Gasteiger partial charge in [-0.1, -0.05) is 13.8 Å².